The first-order valence-corrected chi connectivity index (χ1v) is 18.2. The molecule has 6 nitrogen and oxygen atoms in total. The van der Waals surface area contributed by atoms with Gasteiger partial charge < -0.3 is 9.13 Å². The van der Waals surface area contributed by atoms with Crippen molar-refractivity contribution in [1.29, 1.82) is 10.5 Å². The largest absolute Gasteiger partial charge is 0.309 e. The minimum absolute atomic E-state index is 0.549. The van der Waals surface area contributed by atoms with Gasteiger partial charge in [-0.2, -0.15) is 10.5 Å². The van der Waals surface area contributed by atoms with Gasteiger partial charge in [-0.25, -0.2) is 4.85 Å². The van der Waals surface area contributed by atoms with E-state index in [0.29, 0.717) is 16.8 Å². The number of pyridine rings is 1. The van der Waals surface area contributed by atoms with Crippen LogP contribution in [0.4, 0.5) is 5.69 Å². The molecule has 0 aliphatic rings. The first kappa shape index (κ1) is 32.4. The molecule has 0 aliphatic carbocycles. The Morgan fingerprint density at radius 2 is 1.02 bits per heavy atom. The third-order valence-corrected chi connectivity index (χ3v) is 10.7. The molecule has 0 N–H and O–H groups in total. The lowest BCUT2D eigenvalue weighted by Crippen LogP contribution is -2.02. The van der Waals surface area contributed by atoms with Gasteiger partial charge in [-0.1, -0.05) is 78.9 Å². The molecule has 0 saturated carbocycles. The lowest BCUT2D eigenvalue weighted by Gasteiger charge is -2.18. The summed E-state index contributed by atoms with van der Waals surface area (Å²) in [7, 11) is 0. The van der Waals surface area contributed by atoms with Crippen LogP contribution in [0, 0.1) is 29.2 Å². The van der Waals surface area contributed by atoms with Crippen LogP contribution in [0.25, 0.3) is 93.2 Å². The summed E-state index contributed by atoms with van der Waals surface area (Å²) in [5, 5.41) is 24.2. The number of nitriles is 2. The zero-order valence-electron chi connectivity index (χ0n) is 29.8. The predicted octanol–water partition coefficient (Wildman–Crippen LogP) is 12.6. The van der Waals surface area contributed by atoms with E-state index in [4.69, 9.17) is 6.57 Å². The van der Waals surface area contributed by atoms with E-state index < -0.39 is 0 Å². The van der Waals surface area contributed by atoms with Crippen molar-refractivity contribution in [1.82, 2.24) is 14.1 Å². The van der Waals surface area contributed by atoms with Crippen molar-refractivity contribution in [2.75, 3.05) is 0 Å². The maximum Gasteiger partial charge on any atom is 0.187 e. The van der Waals surface area contributed by atoms with Crippen LogP contribution in [0.3, 0.4) is 0 Å². The maximum absolute atomic E-state index is 10.2. The fraction of sp³-hybridized carbons (Fsp3) is 0. The lowest BCUT2D eigenvalue weighted by atomic mass is 10.00. The quantitative estimate of drug-likeness (QED) is 0.167. The van der Waals surface area contributed by atoms with Gasteiger partial charge >= 0.3 is 0 Å². The molecule has 0 amide bonds. The third kappa shape index (κ3) is 5.12. The fourth-order valence-corrected chi connectivity index (χ4v) is 8.15. The normalized spacial score (nSPS) is 11.2. The standard InChI is InChI=1S/C50H28N6/c1-53-38-11-7-10-35(26-38)37-18-21-48-43(28-37)39-12-2-4-14-45(39)55(48)47-19-16-33(30-52)25-41(47)44-31-54-23-22-50(44)56-46-15-5-3-13-40(46)42-27-36(17-20-49(42)56)34-9-6-8-32(24-34)29-51/h2-28,31H. The highest BCUT2D eigenvalue weighted by Crippen LogP contribution is 2.42. The van der Waals surface area contributed by atoms with Crippen molar-refractivity contribution in [3.05, 3.63) is 193 Å². The molecule has 258 valence electrons. The van der Waals surface area contributed by atoms with Crippen molar-refractivity contribution in [2.24, 2.45) is 0 Å². The summed E-state index contributed by atoms with van der Waals surface area (Å²) in [4.78, 5) is 8.32. The number of hydrogen-bond donors (Lipinski definition) is 0. The molecule has 7 aromatic carbocycles. The summed E-state index contributed by atoms with van der Waals surface area (Å²) >= 11 is 0. The number of para-hydroxylation sites is 2. The van der Waals surface area contributed by atoms with Crippen LogP contribution in [-0.2, 0) is 0 Å². The first-order valence-electron chi connectivity index (χ1n) is 18.2. The summed E-state index contributed by atoms with van der Waals surface area (Å²) < 4.78 is 4.57. The number of benzene rings is 7. The zero-order chi connectivity index (χ0) is 37.8. The molecule has 56 heavy (non-hydrogen) atoms. The average molecular weight is 713 g/mol. The van der Waals surface area contributed by atoms with Gasteiger partial charge in [0.05, 0.1) is 63.3 Å². The summed E-state index contributed by atoms with van der Waals surface area (Å²) in [6, 6.07) is 57.8. The SMILES string of the molecule is [C-]#[N+]c1cccc(-c2ccc3c(c2)c2ccccc2n3-c2ccc(C#N)cc2-c2cnccc2-n2c3ccccc3c3cc(-c4cccc(C#N)c4)ccc32)c1. The van der Waals surface area contributed by atoms with E-state index in [-0.39, 0.29) is 0 Å². The molecule has 0 atom stereocenters. The second-order valence-electron chi connectivity index (χ2n) is 13.8. The zero-order valence-corrected chi connectivity index (χ0v) is 29.8. The molecule has 10 rings (SSSR count). The number of nitrogens with zero attached hydrogens (tertiary/aromatic N) is 6. The smallest absolute Gasteiger partial charge is 0.187 e. The molecular formula is C50H28N6. The van der Waals surface area contributed by atoms with E-state index in [1.54, 1.807) is 0 Å². The Kier molecular flexibility index (Phi) is 7.53. The van der Waals surface area contributed by atoms with E-state index in [1.165, 1.54) is 0 Å². The third-order valence-electron chi connectivity index (χ3n) is 10.7. The first-order chi connectivity index (χ1) is 27.6. The van der Waals surface area contributed by atoms with E-state index in [2.05, 4.69) is 116 Å². The number of aromatic nitrogens is 3. The Morgan fingerprint density at radius 1 is 0.464 bits per heavy atom. The van der Waals surface area contributed by atoms with E-state index in [9.17, 15) is 10.5 Å². The van der Waals surface area contributed by atoms with Gasteiger partial charge in [-0.05, 0) is 101 Å². The Labute approximate surface area is 322 Å². The van der Waals surface area contributed by atoms with Crippen LogP contribution in [-0.4, -0.2) is 14.1 Å². The molecule has 0 aliphatic heterocycles. The molecule has 0 unspecified atom stereocenters. The molecule has 0 bridgehead atoms. The monoisotopic (exact) mass is 712 g/mol. The molecule has 0 spiro atoms. The van der Waals surface area contributed by atoms with E-state index >= 15 is 0 Å². The number of rotatable bonds is 5. The number of fused-ring (bicyclic) bond motifs is 6. The van der Waals surface area contributed by atoms with E-state index in [0.717, 1.165) is 88.4 Å². The summed E-state index contributed by atoms with van der Waals surface area (Å²) in [6.45, 7) is 7.54. The van der Waals surface area contributed by atoms with Crippen LogP contribution < -0.4 is 0 Å². The van der Waals surface area contributed by atoms with Gasteiger partial charge in [-0.15, -0.1) is 0 Å². The molecular weight excluding hydrogens is 685 g/mol. The molecule has 0 saturated heterocycles. The minimum Gasteiger partial charge on any atom is -0.309 e. The summed E-state index contributed by atoms with van der Waals surface area (Å²) in [6.07, 6.45) is 3.72. The second-order valence-corrected chi connectivity index (χ2v) is 13.8. The Bertz CT molecular complexity index is 3360. The Balaban J connectivity index is 1.21. The van der Waals surface area contributed by atoms with Gasteiger partial charge in [-0.3, -0.25) is 4.98 Å². The van der Waals surface area contributed by atoms with E-state index in [1.807, 2.05) is 85.2 Å². The van der Waals surface area contributed by atoms with Crippen molar-refractivity contribution < 1.29 is 0 Å². The molecule has 10 aromatic rings. The minimum atomic E-state index is 0.549. The highest BCUT2D eigenvalue weighted by atomic mass is 15.0. The molecule has 3 aromatic heterocycles. The highest BCUT2D eigenvalue weighted by molar-refractivity contribution is 6.12. The summed E-state index contributed by atoms with van der Waals surface area (Å²) in [5.41, 5.74) is 13.6. The maximum atomic E-state index is 10.2. The van der Waals surface area contributed by atoms with Gasteiger partial charge in [0.2, 0.25) is 0 Å². The van der Waals surface area contributed by atoms with Crippen molar-refractivity contribution in [3.63, 3.8) is 0 Å². The van der Waals surface area contributed by atoms with Gasteiger partial charge in [0.15, 0.2) is 5.69 Å². The predicted molar refractivity (Wildman–Crippen MR) is 225 cm³/mol. The molecule has 3 heterocycles. The Hall–Kier alpha value is -8.24. The van der Waals surface area contributed by atoms with Crippen LogP contribution in [0.5, 0.6) is 0 Å². The van der Waals surface area contributed by atoms with Crippen molar-refractivity contribution in [3.8, 4) is 56.9 Å². The average Bonchev–Trinajstić information content (AvgIpc) is 3.78. The van der Waals surface area contributed by atoms with Gasteiger partial charge in [0.1, 0.15) is 0 Å². The molecule has 0 fully saturated rings. The highest BCUT2D eigenvalue weighted by Gasteiger charge is 2.21. The van der Waals surface area contributed by atoms with Crippen molar-refractivity contribution >= 4 is 49.3 Å². The van der Waals surface area contributed by atoms with Crippen LogP contribution in [0.15, 0.2) is 170 Å². The molecule has 0 radical (unpaired) electrons. The summed E-state index contributed by atoms with van der Waals surface area (Å²) in [5.74, 6) is 0. The topological polar surface area (TPSA) is 74.7 Å². The van der Waals surface area contributed by atoms with Crippen molar-refractivity contribution in [2.45, 2.75) is 0 Å². The van der Waals surface area contributed by atoms with Crippen LogP contribution in [0.1, 0.15) is 11.1 Å². The fourth-order valence-electron chi connectivity index (χ4n) is 8.15. The van der Waals surface area contributed by atoms with Crippen LogP contribution >= 0.6 is 0 Å². The van der Waals surface area contributed by atoms with Gasteiger partial charge in [0.25, 0.3) is 0 Å². The lowest BCUT2D eigenvalue weighted by molar-refractivity contribution is 1.14. The Morgan fingerprint density at radius 3 is 1.66 bits per heavy atom. The van der Waals surface area contributed by atoms with Gasteiger partial charge in [0, 0.05) is 45.1 Å². The molecule has 6 heteroatoms. The van der Waals surface area contributed by atoms with Crippen LogP contribution in [0.2, 0.25) is 0 Å². The second kappa shape index (κ2) is 13.0. The number of hydrogen-bond acceptors (Lipinski definition) is 3.